The van der Waals surface area contributed by atoms with Crippen molar-refractivity contribution in [2.75, 3.05) is 18.8 Å². The van der Waals surface area contributed by atoms with Gasteiger partial charge in [-0.05, 0) is 36.8 Å². The van der Waals surface area contributed by atoms with Crippen LogP contribution in [0.15, 0.2) is 29.3 Å². The van der Waals surface area contributed by atoms with E-state index >= 15 is 0 Å². The second kappa shape index (κ2) is 10.5. The number of nitrogens with zero attached hydrogens (tertiary/aromatic N) is 3. The second-order valence-electron chi connectivity index (χ2n) is 8.76. The molecular weight excluding hydrogens is 424 g/mol. The Balaban J connectivity index is 1.82. The molecule has 0 saturated carbocycles. The van der Waals surface area contributed by atoms with Crippen LogP contribution in [0.25, 0.3) is 0 Å². The van der Waals surface area contributed by atoms with Crippen LogP contribution < -0.4 is 5.32 Å². The zero-order chi connectivity index (χ0) is 23.3. The highest BCUT2D eigenvalue weighted by Gasteiger charge is 2.50. The number of amidine groups is 1. The summed E-state index contributed by atoms with van der Waals surface area (Å²) < 4.78 is 0. The smallest absolute Gasteiger partial charge is 0.323 e. The van der Waals surface area contributed by atoms with Gasteiger partial charge in [-0.3, -0.25) is 19.4 Å². The maximum atomic E-state index is 13.2. The van der Waals surface area contributed by atoms with Gasteiger partial charge in [0.25, 0.3) is 5.91 Å². The SMILES string of the molecule is CCCC1(CCC)NC(=O)N(CC(=O)N2CCCSC2=Nc2ccccc2C(C)C)C1=O. The van der Waals surface area contributed by atoms with Crippen LogP contribution in [0.4, 0.5) is 10.5 Å². The molecule has 174 valence electrons. The van der Waals surface area contributed by atoms with Gasteiger partial charge >= 0.3 is 6.03 Å². The predicted molar refractivity (Wildman–Crippen MR) is 129 cm³/mol. The Bertz CT molecular complexity index is 893. The van der Waals surface area contributed by atoms with Crippen molar-refractivity contribution in [1.82, 2.24) is 15.1 Å². The largest absolute Gasteiger partial charge is 0.325 e. The quantitative estimate of drug-likeness (QED) is 0.575. The minimum absolute atomic E-state index is 0.259. The second-order valence-corrected chi connectivity index (χ2v) is 9.82. The van der Waals surface area contributed by atoms with E-state index in [-0.39, 0.29) is 18.4 Å². The molecule has 8 heteroatoms. The van der Waals surface area contributed by atoms with Crippen LogP contribution in [0.5, 0.6) is 0 Å². The molecule has 0 atom stereocenters. The van der Waals surface area contributed by atoms with E-state index in [4.69, 9.17) is 4.99 Å². The third-order valence-electron chi connectivity index (χ3n) is 5.96. The number of carbonyl (C=O) groups is 3. The molecular formula is C24H34N4O3S. The van der Waals surface area contributed by atoms with E-state index in [9.17, 15) is 14.4 Å². The van der Waals surface area contributed by atoms with Gasteiger partial charge in [0, 0.05) is 12.3 Å². The van der Waals surface area contributed by atoms with Crippen molar-refractivity contribution in [3.05, 3.63) is 29.8 Å². The lowest BCUT2D eigenvalue weighted by molar-refractivity contribution is -0.137. The fraction of sp³-hybridized carbons (Fsp3) is 0.583. The van der Waals surface area contributed by atoms with Crippen LogP contribution in [0, 0.1) is 0 Å². The van der Waals surface area contributed by atoms with Crippen molar-refractivity contribution in [2.45, 2.75) is 71.3 Å². The predicted octanol–water partition coefficient (Wildman–Crippen LogP) is 4.65. The van der Waals surface area contributed by atoms with Crippen molar-refractivity contribution >= 4 is 40.5 Å². The van der Waals surface area contributed by atoms with Crippen LogP contribution in [0.3, 0.4) is 0 Å². The first-order valence-corrected chi connectivity index (χ1v) is 12.6. The first-order valence-electron chi connectivity index (χ1n) is 11.6. The standard InChI is InChI=1S/C24H34N4O3S/c1-5-12-24(13-6-2)21(30)28(22(31)26-24)16-20(29)27-14-9-15-32-23(27)25-19-11-8-7-10-18(19)17(3)4/h7-8,10-11,17H,5-6,9,12-16H2,1-4H3,(H,26,31). The fourth-order valence-electron chi connectivity index (χ4n) is 4.42. The average molecular weight is 459 g/mol. The lowest BCUT2D eigenvalue weighted by Crippen LogP contribution is -2.49. The number of amides is 4. The van der Waals surface area contributed by atoms with Crippen LogP contribution >= 0.6 is 11.8 Å². The third kappa shape index (κ3) is 5.00. The highest BCUT2D eigenvalue weighted by molar-refractivity contribution is 8.13. The normalized spacial score (nSPS) is 19.7. The van der Waals surface area contributed by atoms with Crippen LogP contribution in [-0.2, 0) is 9.59 Å². The number of hydrogen-bond donors (Lipinski definition) is 1. The van der Waals surface area contributed by atoms with E-state index in [1.54, 1.807) is 16.7 Å². The van der Waals surface area contributed by atoms with Gasteiger partial charge < -0.3 is 5.32 Å². The van der Waals surface area contributed by atoms with Gasteiger partial charge in [-0.2, -0.15) is 0 Å². The summed E-state index contributed by atoms with van der Waals surface area (Å²) in [6.45, 7) is 8.50. The number of carbonyl (C=O) groups excluding carboxylic acids is 3. The highest BCUT2D eigenvalue weighted by atomic mass is 32.2. The molecule has 0 radical (unpaired) electrons. The first-order chi connectivity index (χ1) is 15.3. The molecule has 2 aliphatic rings. The number of hydrogen-bond acceptors (Lipinski definition) is 5. The average Bonchev–Trinajstić information content (AvgIpc) is 2.99. The summed E-state index contributed by atoms with van der Waals surface area (Å²) >= 11 is 1.54. The number of thioether (sulfide) groups is 1. The summed E-state index contributed by atoms with van der Waals surface area (Å²) in [6, 6.07) is 7.48. The van der Waals surface area contributed by atoms with Crippen molar-refractivity contribution in [1.29, 1.82) is 0 Å². The summed E-state index contributed by atoms with van der Waals surface area (Å²) in [6.07, 6.45) is 3.56. The van der Waals surface area contributed by atoms with Gasteiger partial charge in [-0.1, -0.05) is 70.5 Å². The molecule has 0 aromatic heterocycles. The molecule has 0 aliphatic carbocycles. The van der Waals surface area contributed by atoms with Crippen molar-refractivity contribution in [2.24, 2.45) is 4.99 Å². The molecule has 1 aromatic carbocycles. The minimum atomic E-state index is -0.884. The molecule has 32 heavy (non-hydrogen) atoms. The summed E-state index contributed by atoms with van der Waals surface area (Å²) in [4.78, 5) is 46.6. The number of imide groups is 1. The van der Waals surface area contributed by atoms with Crippen LogP contribution in [0.2, 0.25) is 0 Å². The molecule has 2 fully saturated rings. The van der Waals surface area contributed by atoms with E-state index in [1.807, 2.05) is 32.0 Å². The van der Waals surface area contributed by atoms with Gasteiger partial charge in [-0.15, -0.1) is 0 Å². The number of para-hydroxylation sites is 1. The highest BCUT2D eigenvalue weighted by Crippen LogP contribution is 2.31. The van der Waals surface area contributed by atoms with E-state index in [0.29, 0.717) is 30.5 Å². The fourth-order valence-corrected chi connectivity index (χ4v) is 5.39. The van der Waals surface area contributed by atoms with Gasteiger partial charge in [0.2, 0.25) is 5.91 Å². The molecule has 1 aromatic rings. The van der Waals surface area contributed by atoms with E-state index in [0.717, 1.165) is 41.2 Å². The molecule has 2 saturated heterocycles. The maximum Gasteiger partial charge on any atom is 0.325 e. The zero-order valence-electron chi connectivity index (χ0n) is 19.5. The van der Waals surface area contributed by atoms with Gasteiger partial charge in [0.1, 0.15) is 12.1 Å². The Morgan fingerprint density at radius 3 is 2.53 bits per heavy atom. The van der Waals surface area contributed by atoms with E-state index in [2.05, 4.69) is 25.2 Å². The molecule has 1 N–H and O–H groups in total. The zero-order valence-corrected chi connectivity index (χ0v) is 20.3. The Kier molecular flexibility index (Phi) is 7.98. The van der Waals surface area contributed by atoms with Gasteiger partial charge in [0.05, 0.1) is 5.69 Å². The van der Waals surface area contributed by atoms with Crippen molar-refractivity contribution in [3.63, 3.8) is 0 Å². The number of benzene rings is 1. The number of urea groups is 1. The minimum Gasteiger partial charge on any atom is -0.323 e. The Hall–Kier alpha value is -2.35. The summed E-state index contributed by atoms with van der Waals surface area (Å²) in [7, 11) is 0. The molecule has 2 heterocycles. The summed E-state index contributed by atoms with van der Waals surface area (Å²) in [5.74, 6) is 0.633. The maximum absolute atomic E-state index is 13.2. The number of rotatable bonds is 8. The Labute approximate surface area is 195 Å². The van der Waals surface area contributed by atoms with Crippen molar-refractivity contribution in [3.8, 4) is 0 Å². The lowest BCUT2D eigenvalue weighted by atomic mass is 9.88. The van der Waals surface area contributed by atoms with Crippen LogP contribution in [0.1, 0.15) is 71.3 Å². The van der Waals surface area contributed by atoms with Crippen LogP contribution in [-0.4, -0.2) is 57.2 Å². The molecule has 7 nitrogen and oxygen atoms in total. The van der Waals surface area contributed by atoms with Crippen molar-refractivity contribution < 1.29 is 14.4 Å². The van der Waals surface area contributed by atoms with E-state index in [1.165, 1.54) is 0 Å². The number of aliphatic imine (C=N–C) groups is 1. The molecule has 0 spiro atoms. The third-order valence-corrected chi connectivity index (χ3v) is 7.02. The van der Waals surface area contributed by atoms with E-state index < -0.39 is 11.6 Å². The van der Waals surface area contributed by atoms with Gasteiger partial charge in [-0.25, -0.2) is 9.79 Å². The topological polar surface area (TPSA) is 82.1 Å². The summed E-state index contributed by atoms with van der Waals surface area (Å²) in [5, 5.41) is 3.51. The molecule has 0 unspecified atom stereocenters. The number of nitrogens with one attached hydrogen (secondary N) is 1. The van der Waals surface area contributed by atoms with Gasteiger partial charge in [0.15, 0.2) is 5.17 Å². The molecule has 4 amide bonds. The molecule has 0 bridgehead atoms. The first kappa shape index (κ1) is 24.3. The molecule has 2 aliphatic heterocycles. The molecule has 3 rings (SSSR count). The summed E-state index contributed by atoms with van der Waals surface area (Å²) in [5.41, 5.74) is 1.09. The lowest BCUT2D eigenvalue weighted by Gasteiger charge is -2.29. The Morgan fingerprint density at radius 1 is 1.19 bits per heavy atom. The monoisotopic (exact) mass is 458 g/mol. The Morgan fingerprint density at radius 2 is 1.88 bits per heavy atom.